The molecule has 2 aliphatic carbocycles. The van der Waals surface area contributed by atoms with Crippen LogP contribution in [0.4, 0.5) is 10.7 Å². The molecular formula is C20H28N6O2. The Bertz CT molecular complexity index is 897. The van der Waals surface area contributed by atoms with Gasteiger partial charge in [0.05, 0.1) is 0 Å². The number of fused-ring (bicyclic) bond motifs is 1. The fourth-order valence-electron chi connectivity index (χ4n) is 4.26. The van der Waals surface area contributed by atoms with E-state index in [1.807, 2.05) is 0 Å². The molecule has 2 amide bonds. The molecule has 2 fully saturated rings. The smallest absolute Gasteiger partial charge is 0.315 e. The van der Waals surface area contributed by atoms with Crippen molar-refractivity contribution in [2.45, 2.75) is 69.5 Å². The molecule has 2 aromatic heterocycles. The number of urea groups is 1. The van der Waals surface area contributed by atoms with E-state index in [9.17, 15) is 9.59 Å². The third kappa shape index (κ3) is 4.26. The minimum atomic E-state index is -0.0837. The molecule has 0 radical (unpaired) electrons. The molecular weight excluding hydrogens is 356 g/mol. The summed E-state index contributed by atoms with van der Waals surface area (Å²) in [7, 11) is 1.72. The summed E-state index contributed by atoms with van der Waals surface area (Å²) >= 11 is 0. The molecule has 2 aromatic rings. The Balaban J connectivity index is 1.29. The number of rotatable bonds is 4. The molecule has 8 nitrogen and oxygen atoms in total. The Labute approximate surface area is 164 Å². The topological polar surface area (TPSA) is 101 Å². The van der Waals surface area contributed by atoms with Crippen molar-refractivity contribution in [3.05, 3.63) is 28.7 Å². The monoisotopic (exact) mass is 384 g/mol. The number of anilines is 1. The van der Waals surface area contributed by atoms with Gasteiger partial charge in [0, 0.05) is 42.8 Å². The van der Waals surface area contributed by atoms with Crippen LogP contribution in [0.1, 0.15) is 51.4 Å². The lowest BCUT2D eigenvalue weighted by molar-refractivity contribution is 0.228. The molecule has 0 unspecified atom stereocenters. The largest absolute Gasteiger partial charge is 0.351 e. The molecule has 3 N–H and O–H groups in total. The summed E-state index contributed by atoms with van der Waals surface area (Å²) in [5.41, 5.74) is 0.545. The SMILES string of the molecule is Cn1c(=O)ccc2cnc(NC3CCC(NC(=O)NC4CCCC4)CC3)nc21. The van der Waals surface area contributed by atoms with Crippen molar-refractivity contribution >= 4 is 23.0 Å². The summed E-state index contributed by atoms with van der Waals surface area (Å²) in [4.78, 5) is 32.8. The lowest BCUT2D eigenvalue weighted by Gasteiger charge is -2.30. The Morgan fingerprint density at radius 3 is 2.36 bits per heavy atom. The van der Waals surface area contributed by atoms with Crippen LogP contribution in [0.2, 0.25) is 0 Å². The third-order valence-corrected chi connectivity index (χ3v) is 5.94. The van der Waals surface area contributed by atoms with E-state index in [1.165, 1.54) is 23.5 Å². The van der Waals surface area contributed by atoms with Crippen LogP contribution >= 0.6 is 0 Å². The second-order valence-electron chi connectivity index (χ2n) is 8.00. The first kappa shape index (κ1) is 18.7. The average Bonchev–Trinajstić information content (AvgIpc) is 3.19. The van der Waals surface area contributed by atoms with Crippen molar-refractivity contribution in [3.63, 3.8) is 0 Å². The number of nitrogens with one attached hydrogen (secondary N) is 3. The van der Waals surface area contributed by atoms with Gasteiger partial charge >= 0.3 is 6.03 Å². The lowest BCUT2D eigenvalue weighted by atomic mass is 9.91. The fourth-order valence-corrected chi connectivity index (χ4v) is 4.26. The number of aromatic nitrogens is 3. The molecule has 0 aromatic carbocycles. The van der Waals surface area contributed by atoms with Crippen LogP contribution in [0.3, 0.4) is 0 Å². The van der Waals surface area contributed by atoms with Crippen molar-refractivity contribution in [3.8, 4) is 0 Å². The molecule has 2 heterocycles. The van der Waals surface area contributed by atoms with Gasteiger partial charge < -0.3 is 16.0 Å². The Hall–Kier alpha value is -2.64. The molecule has 8 heteroatoms. The molecule has 4 rings (SSSR count). The van der Waals surface area contributed by atoms with Gasteiger partial charge in [-0.25, -0.2) is 9.78 Å². The first-order valence-corrected chi connectivity index (χ1v) is 10.2. The minimum Gasteiger partial charge on any atom is -0.351 e. The highest BCUT2D eigenvalue weighted by atomic mass is 16.2. The normalized spacial score (nSPS) is 22.9. The quantitative estimate of drug-likeness (QED) is 0.751. The van der Waals surface area contributed by atoms with Crippen LogP contribution in [-0.4, -0.2) is 38.7 Å². The van der Waals surface area contributed by atoms with Gasteiger partial charge in [0.2, 0.25) is 5.95 Å². The number of hydrogen-bond donors (Lipinski definition) is 3. The molecule has 0 spiro atoms. The van der Waals surface area contributed by atoms with E-state index in [0.717, 1.165) is 43.9 Å². The van der Waals surface area contributed by atoms with Crippen molar-refractivity contribution < 1.29 is 4.79 Å². The first-order chi connectivity index (χ1) is 13.6. The van der Waals surface area contributed by atoms with Crippen molar-refractivity contribution in [2.75, 3.05) is 5.32 Å². The van der Waals surface area contributed by atoms with Gasteiger partial charge in [-0.05, 0) is 44.6 Å². The Morgan fingerprint density at radius 2 is 1.64 bits per heavy atom. The number of hydrogen-bond acceptors (Lipinski definition) is 5. The third-order valence-electron chi connectivity index (χ3n) is 5.94. The highest BCUT2D eigenvalue weighted by Gasteiger charge is 2.24. The van der Waals surface area contributed by atoms with E-state index in [2.05, 4.69) is 25.9 Å². The number of carbonyl (C=O) groups is 1. The number of pyridine rings is 1. The van der Waals surface area contributed by atoms with Crippen LogP contribution in [0.25, 0.3) is 11.0 Å². The van der Waals surface area contributed by atoms with Crippen LogP contribution in [0, 0.1) is 0 Å². The van der Waals surface area contributed by atoms with Gasteiger partial charge in [0.1, 0.15) is 5.65 Å². The number of aryl methyl sites for hydroxylation is 1. The zero-order chi connectivity index (χ0) is 19.5. The van der Waals surface area contributed by atoms with E-state index in [4.69, 9.17) is 0 Å². The lowest BCUT2D eigenvalue weighted by Crippen LogP contribution is -2.47. The molecule has 2 saturated carbocycles. The molecule has 2 aliphatic rings. The Kier molecular flexibility index (Phi) is 5.45. The van der Waals surface area contributed by atoms with Crippen molar-refractivity contribution in [1.82, 2.24) is 25.2 Å². The molecule has 0 bridgehead atoms. The summed E-state index contributed by atoms with van der Waals surface area (Å²) in [6.07, 6.45) is 10.1. The van der Waals surface area contributed by atoms with Gasteiger partial charge in [-0.15, -0.1) is 0 Å². The van der Waals surface area contributed by atoms with Crippen LogP contribution in [-0.2, 0) is 7.05 Å². The first-order valence-electron chi connectivity index (χ1n) is 10.2. The predicted molar refractivity (Wildman–Crippen MR) is 108 cm³/mol. The number of amides is 2. The maximum absolute atomic E-state index is 12.1. The van der Waals surface area contributed by atoms with Crippen LogP contribution in [0.5, 0.6) is 0 Å². The summed E-state index contributed by atoms with van der Waals surface area (Å²) in [5, 5.41) is 10.4. The van der Waals surface area contributed by atoms with Crippen LogP contribution in [0.15, 0.2) is 23.1 Å². The second-order valence-corrected chi connectivity index (χ2v) is 8.00. The summed E-state index contributed by atoms with van der Waals surface area (Å²) in [6.45, 7) is 0. The molecule has 150 valence electrons. The average molecular weight is 384 g/mol. The maximum atomic E-state index is 12.1. The standard InChI is InChI=1S/C20H28N6O2/c1-26-17(27)11-6-13-12-21-19(25-18(13)26)22-15-7-9-16(10-8-15)24-20(28)23-14-4-2-3-5-14/h6,11-12,14-16H,2-5,7-10H2,1H3,(H,21,22,25)(H2,23,24,28). The second kappa shape index (κ2) is 8.16. The van der Waals surface area contributed by atoms with E-state index >= 15 is 0 Å². The van der Waals surface area contributed by atoms with E-state index < -0.39 is 0 Å². The van der Waals surface area contributed by atoms with E-state index in [1.54, 1.807) is 19.3 Å². The van der Waals surface area contributed by atoms with Gasteiger partial charge in [0.15, 0.2) is 0 Å². The highest BCUT2D eigenvalue weighted by Crippen LogP contribution is 2.22. The van der Waals surface area contributed by atoms with Gasteiger partial charge in [0.25, 0.3) is 5.56 Å². The molecule has 28 heavy (non-hydrogen) atoms. The fraction of sp³-hybridized carbons (Fsp3) is 0.600. The molecule has 0 saturated heterocycles. The summed E-state index contributed by atoms with van der Waals surface area (Å²) in [5.74, 6) is 0.545. The molecule has 0 atom stereocenters. The summed E-state index contributed by atoms with van der Waals surface area (Å²) in [6, 6.07) is 4.08. The van der Waals surface area contributed by atoms with Gasteiger partial charge in [-0.2, -0.15) is 4.98 Å². The number of carbonyl (C=O) groups excluding carboxylic acids is 1. The molecule has 0 aliphatic heterocycles. The highest BCUT2D eigenvalue weighted by molar-refractivity contribution is 5.75. The number of nitrogens with zero attached hydrogens (tertiary/aromatic N) is 3. The van der Waals surface area contributed by atoms with Crippen molar-refractivity contribution in [1.29, 1.82) is 0 Å². The maximum Gasteiger partial charge on any atom is 0.315 e. The van der Waals surface area contributed by atoms with Crippen molar-refractivity contribution in [2.24, 2.45) is 7.05 Å². The zero-order valence-electron chi connectivity index (χ0n) is 16.3. The van der Waals surface area contributed by atoms with Gasteiger partial charge in [-0.3, -0.25) is 9.36 Å². The minimum absolute atomic E-state index is 0.0258. The zero-order valence-corrected chi connectivity index (χ0v) is 16.3. The van der Waals surface area contributed by atoms with Crippen LogP contribution < -0.4 is 21.5 Å². The van der Waals surface area contributed by atoms with Gasteiger partial charge in [-0.1, -0.05) is 12.8 Å². The summed E-state index contributed by atoms with van der Waals surface area (Å²) < 4.78 is 1.53. The van der Waals surface area contributed by atoms with E-state index in [0.29, 0.717) is 17.6 Å². The van der Waals surface area contributed by atoms with E-state index in [-0.39, 0.29) is 23.7 Å². The Morgan fingerprint density at radius 1 is 1.00 bits per heavy atom. The predicted octanol–water partition coefficient (Wildman–Crippen LogP) is 2.29.